The Balaban J connectivity index is 2.00. The van der Waals surface area contributed by atoms with Gasteiger partial charge in [-0.1, -0.05) is 6.07 Å². The number of rotatable bonds is 3. The second kappa shape index (κ2) is 4.72. The molecule has 0 fully saturated rings. The van der Waals surface area contributed by atoms with Gasteiger partial charge in [0, 0.05) is 23.5 Å². The molecule has 0 saturated carbocycles. The van der Waals surface area contributed by atoms with E-state index in [0.717, 1.165) is 22.3 Å². The van der Waals surface area contributed by atoms with Crippen molar-refractivity contribution in [3.05, 3.63) is 54.0 Å². The highest BCUT2D eigenvalue weighted by atomic mass is 15.1. The molecule has 0 bridgehead atoms. The lowest BCUT2D eigenvalue weighted by molar-refractivity contribution is 0.827. The predicted molar refractivity (Wildman–Crippen MR) is 77.1 cm³/mol. The lowest BCUT2D eigenvalue weighted by Crippen LogP contribution is -2.07. The third-order valence-corrected chi connectivity index (χ3v) is 3.33. The molecule has 0 spiro atoms. The van der Waals surface area contributed by atoms with E-state index < -0.39 is 0 Å². The number of hydrogen-bond donors (Lipinski definition) is 2. The number of fused-ring (bicyclic) bond motifs is 1. The summed E-state index contributed by atoms with van der Waals surface area (Å²) in [7, 11) is 0. The summed E-state index contributed by atoms with van der Waals surface area (Å²) in [4.78, 5) is 4.45. The zero-order valence-corrected chi connectivity index (χ0v) is 11.0. The summed E-state index contributed by atoms with van der Waals surface area (Å²) in [5.41, 5.74) is 4.40. The molecule has 2 N–H and O–H groups in total. The third-order valence-electron chi connectivity index (χ3n) is 3.33. The van der Waals surface area contributed by atoms with E-state index in [9.17, 15) is 0 Å². The van der Waals surface area contributed by atoms with Crippen LogP contribution < -0.4 is 5.32 Å². The fraction of sp³-hybridized carbons (Fsp3) is 0.200. The highest BCUT2D eigenvalue weighted by Crippen LogP contribution is 2.27. The topological polar surface area (TPSA) is 53.6 Å². The zero-order chi connectivity index (χ0) is 13.2. The molecule has 1 atom stereocenters. The molecule has 4 nitrogen and oxygen atoms in total. The molecule has 1 aromatic carbocycles. The second-order valence-corrected chi connectivity index (χ2v) is 4.71. The minimum Gasteiger partial charge on any atom is -0.376 e. The summed E-state index contributed by atoms with van der Waals surface area (Å²) in [6.07, 6.45) is 3.60. The summed E-state index contributed by atoms with van der Waals surface area (Å²) in [5.74, 6) is 0. The maximum atomic E-state index is 4.45. The van der Waals surface area contributed by atoms with E-state index in [1.54, 1.807) is 6.20 Å². The Morgan fingerprint density at radius 3 is 2.84 bits per heavy atom. The molecule has 96 valence electrons. The minimum absolute atomic E-state index is 0.175. The van der Waals surface area contributed by atoms with Crippen molar-refractivity contribution in [1.29, 1.82) is 0 Å². The van der Waals surface area contributed by atoms with Gasteiger partial charge in [-0.15, -0.1) is 0 Å². The van der Waals surface area contributed by atoms with Crippen LogP contribution in [0.5, 0.6) is 0 Å². The van der Waals surface area contributed by atoms with Crippen LogP contribution in [0.4, 0.5) is 5.69 Å². The molecule has 0 saturated heterocycles. The largest absolute Gasteiger partial charge is 0.376 e. The van der Waals surface area contributed by atoms with Crippen molar-refractivity contribution in [2.75, 3.05) is 5.32 Å². The number of aromatic amines is 1. The van der Waals surface area contributed by atoms with Gasteiger partial charge in [-0.25, -0.2) is 0 Å². The van der Waals surface area contributed by atoms with Gasteiger partial charge in [0.1, 0.15) is 0 Å². The maximum Gasteiger partial charge on any atom is 0.0751 e. The smallest absolute Gasteiger partial charge is 0.0751 e. The fourth-order valence-electron chi connectivity index (χ4n) is 2.26. The Labute approximate surface area is 111 Å². The first-order valence-electron chi connectivity index (χ1n) is 6.36. The van der Waals surface area contributed by atoms with Gasteiger partial charge >= 0.3 is 0 Å². The van der Waals surface area contributed by atoms with E-state index in [4.69, 9.17) is 0 Å². The number of anilines is 1. The molecule has 3 rings (SSSR count). The van der Waals surface area contributed by atoms with E-state index >= 15 is 0 Å². The van der Waals surface area contributed by atoms with Crippen molar-refractivity contribution in [2.24, 2.45) is 0 Å². The molecule has 0 aliphatic heterocycles. The molecular formula is C15H16N4. The van der Waals surface area contributed by atoms with Crippen molar-refractivity contribution >= 4 is 16.6 Å². The van der Waals surface area contributed by atoms with Gasteiger partial charge in [0.2, 0.25) is 0 Å². The molecule has 0 amide bonds. The van der Waals surface area contributed by atoms with Gasteiger partial charge in [-0.3, -0.25) is 10.1 Å². The first kappa shape index (κ1) is 11.7. The summed E-state index contributed by atoms with van der Waals surface area (Å²) in [5, 5.41) is 11.6. The molecule has 0 radical (unpaired) electrons. The molecule has 19 heavy (non-hydrogen) atoms. The zero-order valence-electron chi connectivity index (χ0n) is 11.0. The minimum atomic E-state index is 0.175. The molecule has 3 aromatic rings. The maximum absolute atomic E-state index is 4.45. The number of nitrogens with one attached hydrogen (secondary N) is 2. The number of hydrogen-bond acceptors (Lipinski definition) is 3. The molecule has 2 heterocycles. The van der Waals surface area contributed by atoms with Crippen LogP contribution in [0.1, 0.15) is 24.2 Å². The Hall–Kier alpha value is -2.36. The summed E-state index contributed by atoms with van der Waals surface area (Å²) < 4.78 is 0. The van der Waals surface area contributed by atoms with Crippen molar-refractivity contribution in [3.8, 4) is 0 Å². The number of H-pyrrole nitrogens is 1. The van der Waals surface area contributed by atoms with E-state index in [1.165, 1.54) is 5.56 Å². The normalized spacial score (nSPS) is 12.5. The number of aryl methyl sites for hydroxylation is 1. The van der Waals surface area contributed by atoms with Crippen LogP contribution in [-0.2, 0) is 0 Å². The van der Waals surface area contributed by atoms with Crippen LogP contribution >= 0.6 is 0 Å². The van der Waals surface area contributed by atoms with Crippen molar-refractivity contribution in [2.45, 2.75) is 19.9 Å². The summed E-state index contributed by atoms with van der Waals surface area (Å²) in [6.45, 7) is 4.19. The molecule has 2 aromatic heterocycles. The van der Waals surface area contributed by atoms with Crippen molar-refractivity contribution in [3.63, 3.8) is 0 Å². The lowest BCUT2D eigenvalue weighted by atomic mass is 10.1. The van der Waals surface area contributed by atoms with Gasteiger partial charge < -0.3 is 5.32 Å². The fourth-order valence-corrected chi connectivity index (χ4v) is 2.26. The standard InChI is InChI=1S/C15H16N4/c1-10-5-6-14(12-4-3-8-16-15(10)12)18-11(2)13-7-9-17-19-13/h3-9,11,18H,1-2H3,(H,17,19). The Morgan fingerprint density at radius 1 is 1.16 bits per heavy atom. The molecule has 0 aliphatic rings. The number of benzene rings is 1. The van der Waals surface area contributed by atoms with Gasteiger partial charge in [0.25, 0.3) is 0 Å². The molecule has 4 heteroatoms. The van der Waals surface area contributed by atoms with Crippen LogP contribution in [0.15, 0.2) is 42.7 Å². The van der Waals surface area contributed by atoms with Gasteiger partial charge in [-0.2, -0.15) is 5.10 Å². The second-order valence-electron chi connectivity index (χ2n) is 4.71. The Bertz CT molecular complexity index is 688. The monoisotopic (exact) mass is 252 g/mol. The number of aromatic nitrogens is 3. The van der Waals surface area contributed by atoms with E-state index in [2.05, 4.69) is 52.5 Å². The van der Waals surface area contributed by atoms with E-state index in [0.29, 0.717) is 0 Å². The van der Waals surface area contributed by atoms with Gasteiger partial charge in [-0.05, 0) is 43.7 Å². The Kier molecular flexibility index (Phi) is 2.91. The van der Waals surface area contributed by atoms with E-state index in [-0.39, 0.29) is 6.04 Å². The third kappa shape index (κ3) is 2.17. The van der Waals surface area contributed by atoms with Crippen molar-refractivity contribution in [1.82, 2.24) is 15.2 Å². The molecular weight excluding hydrogens is 236 g/mol. The predicted octanol–water partition coefficient (Wildman–Crippen LogP) is 3.44. The van der Waals surface area contributed by atoms with Crippen molar-refractivity contribution < 1.29 is 0 Å². The Morgan fingerprint density at radius 2 is 2.05 bits per heavy atom. The highest BCUT2D eigenvalue weighted by Gasteiger charge is 2.09. The lowest BCUT2D eigenvalue weighted by Gasteiger charge is -2.16. The van der Waals surface area contributed by atoms with Crippen LogP contribution in [-0.4, -0.2) is 15.2 Å². The molecule has 1 unspecified atom stereocenters. The quantitative estimate of drug-likeness (QED) is 0.750. The average Bonchev–Trinajstić information content (AvgIpc) is 2.96. The molecule has 0 aliphatic carbocycles. The highest BCUT2D eigenvalue weighted by molar-refractivity contribution is 5.93. The van der Waals surface area contributed by atoms with Crippen LogP contribution in [0.3, 0.4) is 0 Å². The summed E-state index contributed by atoms with van der Waals surface area (Å²) in [6, 6.07) is 10.4. The van der Waals surface area contributed by atoms with Gasteiger partial charge in [0.15, 0.2) is 0 Å². The van der Waals surface area contributed by atoms with E-state index in [1.807, 2.05) is 18.3 Å². The number of pyridine rings is 1. The van der Waals surface area contributed by atoms with Crippen LogP contribution in [0.2, 0.25) is 0 Å². The average molecular weight is 252 g/mol. The van der Waals surface area contributed by atoms with Gasteiger partial charge in [0.05, 0.1) is 17.3 Å². The first-order chi connectivity index (χ1) is 9.25. The van der Waals surface area contributed by atoms with Crippen LogP contribution in [0.25, 0.3) is 10.9 Å². The SMILES string of the molecule is Cc1ccc(NC(C)c2ccn[nH]2)c2cccnc12. The number of nitrogens with zero attached hydrogens (tertiary/aromatic N) is 2. The first-order valence-corrected chi connectivity index (χ1v) is 6.36. The summed E-state index contributed by atoms with van der Waals surface area (Å²) >= 11 is 0. The van der Waals surface area contributed by atoms with Crippen LogP contribution in [0, 0.1) is 6.92 Å².